The molecule has 0 unspecified atom stereocenters. The smallest absolute Gasteiger partial charge is 0.135 e. The van der Waals surface area contributed by atoms with Gasteiger partial charge in [-0.25, -0.2) is 9.97 Å². The molecule has 3 rings (SSSR count). The van der Waals surface area contributed by atoms with E-state index in [0.717, 1.165) is 26.6 Å². The number of aromatic hydroxyl groups is 1. The summed E-state index contributed by atoms with van der Waals surface area (Å²) in [5.41, 5.74) is 1.86. The van der Waals surface area contributed by atoms with Crippen molar-refractivity contribution in [3.63, 3.8) is 0 Å². The molecule has 0 aliphatic heterocycles. The van der Waals surface area contributed by atoms with Gasteiger partial charge in [-0.3, -0.25) is 0 Å². The van der Waals surface area contributed by atoms with Gasteiger partial charge in [-0.15, -0.1) is 11.3 Å². The highest BCUT2D eigenvalue weighted by Gasteiger charge is 2.10. The Morgan fingerprint density at radius 3 is 3.00 bits per heavy atom. The van der Waals surface area contributed by atoms with Gasteiger partial charge in [0.25, 0.3) is 0 Å². The van der Waals surface area contributed by atoms with Crippen molar-refractivity contribution in [3.8, 4) is 16.3 Å². The Labute approximate surface area is 108 Å². The lowest BCUT2D eigenvalue weighted by Crippen LogP contribution is -1.94. The van der Waals surface area contributed by atoms with Crippen LogP contribution in [0, 0.1) is 0 Å². The topological polar surface area (TPSA) is 58.0 Å². The fraction of sp³-hybridized carbons (Fsp3) is 0.0769. The Hall–Kier alpha value is -2.14. The first kappa shape index (κ1) is 11.0. The first-order valence-corrected chi connectivity index (χ1v) is 6.32. The zero-order valence-corrected chi connectivity index (χ0v) is 10.5. The number of phenols is 1. The molecule has 3 aromatic rings. The van der Waals surface area contributed by atoms with Crippen LogP contribution in [-0.4, -0.2) is 22.1 Å². The summed E-state index contributed by atoms with van der Waals surface area (Å²) >= 11 is 1.54. The molecule has 2 aromatic heterocycles. The minimum Gasteiger partial charge on any atom is -0.508 e. The number of aromatic nitrogens is 2. The van der Waals surface area contributed by atoms with Crippen LogP contribution in [0.3, 0.4) is 0 Å². The van der Waals surface area contributed by atoms with E-state index in [1.807, 2.05) is 25.2 Å². The summed E-state index contributed by atoms with van der Waals surface area (Å²) in [5.74, 6) is 1.07. The molecule has 18 heavy (non-hydrogen) atoms. The van der Waals surface area contributed by atoms with Crippen LogP contribution in [0.25, 0.3) is 20.8 Å². The predicted molar refractivity (Wildman–Crippen MR) is 74.1 cm³/mol. The molecule has 0 bridgehead atoms. The monoisotopic (exact) mass is 257 g/mol. The number of pyridine rings is 1. The molecule has 0 atom stereocenters. The molecule has 0 spiro atoms. The van der Waals surface area contributed by atoms with Crippen molar-refractivity contribution in [2.24, 2.45) is 0 Å². The highest BCUT2D eigenvalue weighted by Crippen LogP contribution is 2.34. The van der Waals surface area contributed by atoms with Gasteiger partial charge in [-0.2, -0.15) is 0 Å². The van der Waals surface area contributed by atoms with E-state index in [1.54, 1.807) is 29.7 Å². The second kappa shape index (κ2) is 4.27. The third-order valence-corrected chi connectivity index (χ3v) is 3.70. The van der Waals surface area contributed by atoms with Crippen molar-refractivity contribution in [1.82, 2.24) is 9.97 Å². The van der Waals surface area contributed by atoms with Gasteiger partial charge < -0.3 is 10.4 Å². The summed E-state index contributed by atoms with van der Waals surface area (Å²) in [5, 5.41) is 13.4. The zero-order valence-electron chi connectivity index (χ0n) is 9.71. The van der Waals surface area contributed by atoms with Crippen molar-refractivity contribution in [3.05, 3.63) is 36.5 Å². The molecule has 0 saturated heterocycles. The molecule has 5 heteroatoms. The standard InChI is InChI=1S/C13H11N3OS/c1-14-12-9(3-2-6-15-12)13-16-10-5-4-8(17)7-11(10)18-13/h2-7,17H,1H3,(H,14,15). The van der Waals surface area contributed by atoms with Crippen molar-refractivity contribution >= 4 is 27.4 Å². The Morgan fingerprint density at radius 1 is 1.28 bits per heavy atom. The van der Waals surface area contributed by atoms with E-state index < -0.39 is 0 Å². The summed E-state index contributed by atoms with van der Waals surface area (Å²) in [6.07, 6.45) is 1.74. The second-order valence-electron chi connectivity index (χ2n) is 3.82. The minimum atomic E-state index is 0.262. The van der Waals surface area contributed by atoms with E-state index in [4.69, 9.17) is 0 Å². The number of benzene rings is 1. The molecule has 0 aliphatic rings. The van der Waals surface area contributed by atoms with E-state index >= 15 is 0 Å². The number of anilines is 1. The first-order valence-electron chi connectivity index (χ1n) is 5.50. The van der Waals surface area contributed by atoms with Gasteiger partial charge in [0.2, 0.25) is 0 Å². The van der Waals surface area contributed by atoms with Gasteiger partial charge >= 0.3 is 0 Å². The molecule has 1 aromatic carbocycles. The van der Waals surface area contributed by atoms with Gasteiger partial charge in [-0.05, 0) is 30.3 Å². The number of nitrogens with one attached hydrogen (secondary N) is 1. The number of fused-ring (bicyclic) bond motifs is 1. The second-order valence-corrected chi connectivity index (χ2v) is 4.85. The number of hydrogen-bond donors (Lipinski definition) is 2. The molecule has 4 nitrogen and oxygen atoms in total. The van der Waals surface area contributed by atoms with Crippen LogP contribution in [-0.2, 0) is 0 Å². The van der Waals surface area contributed by atoms with E-state index in [9.17, 15) is 5.11 Å². The van der Waals surface area contributed by atoms with E-state index in [1.165, 1.54) is 0 Å². The highest BCUT2D eigenvalue weighted by molar-refractivity contribution is 7.21. The van der Waals surface area contributed by atoms with Crippen LogP contribution < -0.4 is 5.32 Å². The molecular weight excluding hydrogens is 246 g/mol. The van der Waals surface area contributed by atoms with E-state index in [0.29, 0.717) is 0 Å². The Balaban J connectivity index is 2.19. The molecule has 0 fully saturated rings. The Morgan fingerprint density at radius 2 is 2.17 bits per heavy atom. The maximum absolute atomic E-state index is 9.47. The molecule has 0 radical (unpaired) electrons. The minimum absolute atomic E-state index is 0.262. The average Bonchev–Trinajstić information content (AvgIpc) is 2.81. The summed E-state index contributed by atoms with van der Waals surface area (Å²) in [7, 11) is 1.84. The summed E-state index contributed by atoms with van der Waals surface area (Å²) < 4.78 is 0.968. The Bertz CT molecular complexity index is 708. The third-order valence-electron chi connectivity index (χ3n) is 2.65. The predicted octanol–water partition coefficient (Wildman–Crippen LogP) is 3.11. The van der Waals surface area contributed by atoms with Crippen LogP contribution in [0.2, 0.25) is 0 Å². The lowest BCUT2D eigenvalue weighted by molar-refractivity contribution is 0.476. The number of hydrogen-bond acceptors (Lipinski definition) is 5. The fourth-order valence-electron chi connectivity index (χ4n) is 1.81. The largest absolute Gasteiger partial charge is 0.508 e. The molecular formula is C13H11N3OS. The molecule has 2 N–H and O–H groups in total. The van der Waals surface area contributed by atoms with Crippen molar-refractivity contribution in [2.75, 3.05) is 12.4 Å². The summed E-state index contributed by atoms with van der Waals surface area (Å²) in [6.45, 7) is 0. The lowest BCUT2D eigenvalue weighted by Gasteiger charge is -2.03. The van der Waals surface area contributed by atoms with Crippen LogP contribution in [0.4, 0.5) is 5.82 Å². The molecule has 0 saturated carbocycles. The van der Waals surface area contributed by atoms with Crippen molar-refractivity contribution in [2.45, 2.75) is 0 Å². The third kappa shape index (κ3) is 1.78. The maximum atomic E-state index is 9.47. The zero-order chi connectivity index (χ0) is 12.5. The van der Waals surface area contributed by atoms with Gasteiger partial charge in [0.1, 0.15) is 16.6 Å². The van der Waals surface area contributed by atoms with Gasteiger partial charge in [0, 0.05) is 13.2 Å². The van der Waals surface area contributed by atoms with Crippen LogP contribution in [0.15, 0.2) is 36.5 Å². The summed E-state index contributed by atoms with van der Waals surface area (Å²) in [4.78, 5) is 8.83. The molecule has 90 valence electrons. The normalized spacial score (nSPS) is 10.7. The fourth-order valence-corrected chi connectivity index (χ4v) is 2.83. The van der Waals surface area contributed by atoms with Crippen LogP contribution >= 0.6 is 11.3 Å². The number of rotatable bonds is 2. The summed E-state index contributed by atoms with van der Waals surface area (Å²) in [6, 6.07) is 9.07. The molecule has 0 amide bonds. The van der Waals surface area contributed by atoms with Gasteiger partial charge in [0.05, 0.1) is 15.8 Å². The SMILES string of the molecule is CNc1ncccc1-c1nc2ccc(O)cc2s1. The number of thiazole rings is 1. The number of nitrogens with zero attached hydrogens (tertiary/aromatic N) is 2. The average molecular weight is 257 g/mol. The highest BCUT2D eigenvalue weighted by atomic mass is 32.1. The molecule has 2 heterocycles. The first-order chi connectivity index (χ1) is 8.78. The van der Waals surface area contributed by atoms with E-state index in [-0.39, 0.29) is 5.75 Å². The van der Waals surface area contributed by atoms with Crippen molar-refractivity contribution in [1.29, 1.82) is 0 Å². The van der Waals surface area contributed by atoms with E-state index in [2.05, 4.69) is 15.3 Å². The van der Waals surface area contributed by atoms with Gasteiger partial charge in [-0.1, -0.05) is 0 Å². The quantitative estimate of drug-likeness (QED) is 0.740. The van der Waals surface area contributed by atoms with Crippen LogP contribution in [0.5, 0.6) is 5.75 Å². The van der Waals surface area contributed by atoms with Crippen molar-refractivity contribution < 1.29 is 5.11 Å². The van der Waals surface area contributed by atoms with Gasteiger partial charge in [0.15, 0.2) is 0 Å². The molecule has 0 aliphatic carbocycles. The number of phenolic OH excluding ortho intramolecular Hbond substituents is 1. The lowest BCUT2D eigenvalue weighted by atomic mass is 10.2. The maximum Gasteiger partial charge on any atom is 0.135 e. The van der Waals surface area contributed by atoms with Crippen LogP contribution in [0.1, 0.15) is 0 Å². The Kier molecular flexibility index (Phi) is 2.60.